The summed E-state index contributed by atoms with van der Waals surface area (Å²) in [5.41, 5.74) is 0.596. The smallest absolute Gasteiger partial charge is 0.300 e. The third-order valence-electron chi connectivity index (χ3n) is 6.01. The first-order chi connectivity index (χ1) is 16.5. The summed E-state index contributed by atoms with van der Waals surface area (Å²) < 4.78 is 34.3. The van der Waals surface area contributed by atoms with Gasteiger partial charge in [0.2, 0.25) is 0 Å². The molecule has 3 aromatic rings. The highest BCUT2D eigenvalue weighted by molar-refractivity contribution is 6.51. The predicted molar refractivity (Wildman–Crippen MR) is 129 cm³/mol. The second-order valence-electron chi connectivity index (χ2n) is 9.34. The second kappa shape index (κ2) is 8.98. The van der Waals surface area contributed by atoms with Gasteiger partial charge in [0.05, 0.1) is 24.4 Å². The minimum atomic E-state index is -1.16. The van der Waals surface area contributed by atoms with Gasteiger partial charge in [-0.3, -0.25) is 14.5 Å². The zero-order valence-corrected chi connectivity index (χ0v) is 19.8. The normalized spacial score (nSPS) is 17.7. The number of benzene rings is 3. The zero-order valence-electron chi connectivity index (χ0n) is 19.8. The van der Waals surface area contributed by atoms with Crippen LogP contribution in [0.2, 0.25) is 0 Å². The van der Waals surface area contributed by atoms with E-state index in [1.165, 1.54) is 0 Å². The molecule has 7 heteroatoms. The number of rotatable bonds is 4. The maximum Gasteiger partial charge on any atom is 0.300 e. The molecule has 0 radical (unpaired) electrons. The lowest BCUT2D eigenvalue weighted by atomic mass is 9.84. The van der Waals surface area contributed by atoms with Crippen LogP contribution in [0.5, 0.6) is 5.75 Å². The minimum Gasteiger partial charge on any atom is -0.507 e. The van der Waals surface area contributed by atoms with Crippen molar-refractivity contribution in [3.05, 3.63) is 101 Å². The van der Waals surface area contributed by atoms with Crippen molar-refractivity contribution in [2.75, 3.05) is 12.0 Å². The fourth-order valence-corrected chi connectivity index (χ4v) is 4.30. The fourth-order valence-electron chi connectivity index (χ4n) is 4.30. The molecule has 0 aromatic heterocycles. The number of aliphatic hydroxyl groups excluding tert-OH is 1. The van der Waals surface area contributed by atoms with E-state index >= 15 is 0 Å². The first-order valence-corrected chi connectivity index (χ1v) is 11.0. The van der Waals surface area contributed by atoms with E-state index in [2.05, 4.69) is 0 Å². The van der Waals surface area contributed by atoms with E-state index in [9.17, 15) is 23.5 Å². The number of ketones is 1. The van der Waals surface area contributed by atoms with Gasteiger partial charge in [-0.05, 0) is 41.3 Å². The van der Waals surface area contributed by atoms with Crippen molar-refractivity contribution in [2.24, 2.45) is 0 Å². The molecule has 1 fully saturated rings. The SMILES string of the molecule is COc1ccc(/C(O)=C2/C(=O)C(=O)N(c3cc(F)ccc3F)C2c2ccccc2)cc1C(C)(C)C. The summed E-state index contributed by atoms with van der Waals surface area (Å²) in [5.74, 6) is -3.49. The van der Waals surface area contributed by atoms with Crippen molar-refractivity contribution in [3.63, 3.8) is 0 Å². The Bertz CT molecular complexity index is 1340. The van der Waals surface area contributed by atoms with Gasteiger partial charge >= 0.3 is 0 Å². The Kier molecular flexibility index (Phi) is 6.19. The predicted octanol–water partition coefficient (Wildman–Crippen LogP) is 5.90. The number of anilines is 1. The topological polar surface area (TPSA) is 66.8 Å². The van der Waals surface area contributed by atoms with E-state index in [-0.39, 0.29) is 16.7 Å². The van der Waals surface area contributed by atoms with Crippen molar-refractivity contribution in [2.45, 2.75) is 32.2 Å². The lowest BCUT2D eigenvalue weighted by molar-refractivity contribution is -0.132. The number of aliphatic hydroxyl groups is 1. The van der Waals surface area contributed by atoms with Crippen LogP contribution in [0.25, 0.3) is 5.76 Å². The maximum atomic E-state index is 14.8. The Balaban J connectivity index is 1.98. The van der Waals surface area contributed by atoms with Crippen LogP contribution in [0.3, 0.4) is 0 Å². The number of methoxy groups -OCH3 is 1. The van der Waals surface area contributed by atoms with Crippen molar-refractivity contribution in [3.8, 4) is 5.75 Å². The van der Waals surface area contributed by atoms with Crippen molar-refractivity contribution < 1.29 is 28.2 Å². The van der Waals surface area contributed by atoms with E-state index in [0.717, 1.165) is 28.7 Å². The van der Waals surface area contributed by atoms with Gasteiger partial charge < -0.3 is 9.84 Å². The molecule has 3 aromatic carbocycles. The molecule has 0 aliphatic carbocycles. The third-order valence-corrected chi connectivity index (χ3v) is 6.01. The van der Waals surface area contributed by atoms with Crippen molar-refractivity contribution >= 4 is 23.1 Å². The molecule has 35 heavy (non-hydrogen) atoms. The highest BCUT2D eigenvalue weighted by Gasteiger charge is 2.47. The minimum absolute atomic E-state index is 0.213. The molecule has 1 heterocycles. The average molecular weight is 478 g/mol. The number of hydrogen-bond acceptors (Lipinski definition) is 4. The summed E-state index contributed by atoms with van der Waals surface area (Å²) in [6.45, 7) is 5.93. The van der Waals surface area contributed by atoms with Gasteiger partial charge in [0.1, 0.15) is 23.1 Å². The van der Waals surface area contributed by atoms with Crippen LogP contribution in [0.15, 0.2) is 72.3 Å². The Morgan fingerprint density at radius 1 is 0.971 bits per heavy atom. The number of carbonyl (C=O) groups is 2. The Labute approximate surface area is 202 Å². The highest BCUT2D eigenvalue weighted by atomic mass is 19.1. The monoisotopic (exact) mass is 477 g/mol. The number of ether oxygens (including phenoxy) is 1. The summed E-state index contributed by atoms with van der Waals surface area (Å²) in [6.07, 6.45) is 0. The van der Waals surface area contributed by atoms with Gasteiger partial charge in [-0.1, -0.05) is 51.1 Å². The molecule has 5 nitrogen and oxygen atoms in total. The molecule has 1 unspecified atom stereocenters. The van der Waals surface area contributed by atoms with E-state index in [1.54, 1.807) is 55.6 Å². The molecule has 0 bridgehead atoms. The lowest BCUT2D eigenvalue weighted by Gasteiger charge is -2.26. The van der Waals surface area contributed by atoms with Gasteiger partial charge in [0.15, 0.2) is 0 Å². The van der Waals surface area contributed by atoms with Gasteiger partial charge in [-0.2, -0.15) is 0 Å². The number of carbonyl (C=O) groups excluding carboxylic acids is 2. The third kappa shape index (κ3) is 4.30. The quantitative estimate of drug-likeness (QED) is 0.289. The molecular weight excluding hydrogens is 452 g/mol. The standard InChI is InChI=1S/C28H25F2NO4/c1-28(2,3)19-14-17(10-13-22(19)35-4)25(32)23-24(16-8-6-5-7-9-16)31(27(34)26(23)33)21-15-18(29)11-12-20(21)30/h5-15,24,32H,1-4H3/b25-23-. The van der Waals surface area contributed by atoms with Crippen LogP contribution in [-0.4, -0.2) is 23.9 Å². The average Bonchev–Trinajstić information content (AvgIpc) is 3.10. The number of amides is 1. The number of nitrogens with zero attached hydrogens (tertiary/aromatic N) is 1. The largest absolute Gasteiger partial charge is 0.507 e. The first kappa shape index (κ1) is 24.1. The lowest BCUT2D eigenvalue weighted by Crippen LogP contribution is -2.30. The molecule has 1 N–H and O–H groups in total. The first-order valence-electron chi connectivity index (χ1n) is 11.0. The maximum absolute atomic E-state index is 14.8. The molecule has 180 valence electrons. The summed E-state index contributed by atoms with van der Waals surface area (Å²) in [4.78, 5) is 27.3. The summed E-state index contributed by atoms with van der Waals surface area (Å²) >= 11 is 0. The summed E-state index contributed by atoms with van der Waals surface area (Å²) in [6, 6.07) is 14.9. The Hall–Kier alpha value is -4.00. The summed E-state index contributed by atoms with van der Waals surface area (Å²) in [7, 11) is 1.54. The molecule has 0 spiro atoms. The fraction of sp³-hybridized carbons (Fsp3) is 0.214. The zero-order chi connectivity index (χ0) is 25.5. The molecular formula is C28H25F2NO4. The van der Waals surface area contributed by atoms with Crippen LogP contribution in [0.1, 0.15) is 43.5 Å². The van der Waals surface area contributed by atoms with E-state index in [0.29, 0.717) is 16.9 Å². The van der Waals surface area contributed by atoms with Crippen molar-refractivity contribution in [1.29, 1.82) is 0 Å². The summed E-state index contributed by atoms with van der Waals surface area (Å²) in [5, 5.41) is 11.4. The van der Waals surface area contributed by atoms with Crippen LogP contribution in [0.4, 0.5) is 14.5 Å². The van der Waals surface area contributed by atoms with Crippen molar-refractivity contribution in [1.82, 2.24) is 0 Å². The van der Waals surface area contributed by atoms with Gasteiger partial charge in [-0.15, -0.1) is 0 Å². The van der Waals surface area contributed by atoms with Gasteiger partial charge in [0, 0.05) is 17.2 Å². The van der Waals surface area contributed by atoms with Crippen LogP contribution in [0, 0.1) is 11.6 Å². The molecule has 1 saturated heterocycles. The van der Waals surface area contributed by atoms with E-state index in [1.807, 2.05) is 20.8 Å². The second-order valence-corrected chi connectivity index (χ2v) is 9.34. The molecule has 4 rings (SSSR count). The molecule has 1 aliphatic heterocycles. The Morgan fingerprint density at radius 3 is 2.29 bits per heavy atom. The van der Waals surface area contributed by atoms with Crippen LogP contribution < -0.4 is 9.64 Å². The number of hydrogen-bond donors (Lipinski definition) is 1. The molecule has 1 aliphatic rings. The number of halogens is 2. The van der Waals surface area contributed by atoms with Gasteiger partial charge in [0.25, 0.3) is 11.7 Å². The highest BCUT2D eigenvalue weighted by Crippen LogP contribution is 2.43. The molecule has 1 atom stereocenters. The van der Waals surface area contributed by atoms with Gasteiger partial charge in [-0.25, -0.2) is 8.78 Å². The molecule has 0 saturated carbocycles. The van der Waals surface area contributed by atoms with E-state index in [4.69, 9.17) is 4.74 Å². The van der Waals surface area contributed by atoms with Crippen LogP contribution >= 0.6 is 0 Å². The van der Waals surface area contributed by atoms with E-state index < -0.39 is 35.1 Å². The Morgan fingerprint density at radius 2 is 1.66 bits per heavy atom. The number of Topliss-reactive ketones (excluding diaryl/α,β-unsaturated/α-hetero) is 1. The van der Waals surface area contributed by atoms with Crippen LogP contribution in [-0.2, 0) is 15.0 Å². The molecule has 1 amide bonds.